The van der Waals surface area contributed by atoms with Crippen molar-refractivity contribution in [1.29, 1.82) is 0 Å². The van der Waals surface area contributed by atoms with E-state index in [2.05, 4.69) is 15.5 Å². The van der Waals surface area contributed by atoms with E-state index in [9.17, 15) is 9.59 Å². The number of aryl methyl sites for hydroxylation is 2. The summed E-state index contributed by atoms with van der Waals surface area (Å²) in [5, 5.41) is 6.62. The molecule has 0 unspecified atom stereocenters. The molecule has 1 N–H and O–H groups in total. The maximum absolute atomic E-state index is 12.9. The number of rotatable bonds is 4. The largest absolute Gasteiger partial charge is 0.463 e. The topological polar surface area (TPSA) is 101 Å². The summed E-state index contributed by atoms with van der Waals surface area (Å²) in [6, 6.07) is 10.6. The van der Waals surface area contributed by atoms with Crippen LogP contribution in [0.3, 0.4) is 0 Å². The smallest absolute Gasteiger partial charge is 0.325 e. The second kappa shape index (κ2) is 6.08. The number of nitrogens with zero attached hydrogens (tertiary/aromatic N) is 3. The van der Waals surface area contributed by atoms with Gasteiger partial charge in [0.15, 0.2) is 5.54 Å². The van der Waals surface area contributed by atoms with Crippen molar-refractivity contribution in [2.45, 2.75) is 32.9 Å². The molecule has 1 fully saturated rings. The Hall–Kier alpha value is -3.42. The molecule has 8 heteroatoms. The van der Waals surface area contributed by atoms with Crippen molar-refractivity contribution < 1.29 is 18.5 Å². The third kappa shape index (κ3) is 2.88. The average molecular weight is 366 g/mol. The fourth-order valence-corrected chi connectivity index (χ4v) is 3.07. The van der Waals surface area contributed by atoms with Gasteiger partial charge in [-0.05, 0) is 39.0 Å². The first-order valence-corrected chi connectivity index (χ1v) is 8.47. The summed E-state index contributed by atoms with van der Waals surface area (Å²) in [5.41, 5.74) is 0.612. The van der Waals surface area contributed by atoms with E-state index in [-0.39, 0.29) is 12.4 Å². The molecule has 2 aromatic heterocycles. The molecule has 0 bridgehead atoms. The van der Waals surface area contributed by atoms with E-state index in [4.69, 9.17) is 8.94 Å². The van der Waals surface area contributed by atoms with Gasteiger partial charge in [-0.3, -0.25) is 9.69 Å². The van der Waals surface area contributed by atoms with E-state index in [1.54, 1.807) is 26.0 Å². The number of urea groups is 1. The second-order valence-corrected chi connectivity index (χ2v) is 6.74. The van der Waals surface area contributed by atoms with Gasteiger partial charge in [0, 0.05) is 5.56 Å². The number of aromatic nitrogens is 2. The van der Waals surface area contributed by atoms with Crippen LogP contribution in [0.2, 0.25) is 0 Å². The Bertz CT molecular complexity index is 1040. The van der Waals surface area contributed by atoms with Gasteiger partial charge in [0.2, 0.25) is 11.7 Å². The maximum Gasteiger partial charge on any atom is 0.325 e. The van der Waals surface area contributed by atoms with Crippen LogP contribution < -0.4 is 5.32 Å². The summed E-state index contributed by atoms with van der Waals surface area (Å²) >= 11 is 0. The predicted octanol–water partition coefficient (Wildman–Crippen LogP) is 2.91. The molecule has 0 spiro atoms. The molecule has 1 aromatic carbocycles. The van der Waals surface area contributed by atoms with E-state index in [0.29, 0.717) is 17.3 Å². The lowest BCUT2D eigenvalue weighted by atomic mass is 9.99. The molecule has 3 aromatic rings. The highest BCUT2D eigenvalue weighted by atomic mass is 16.5. The summed E-state index contributed by atoms with van der Waals surface area (Å²) in [6.07, 6.45) is 0. The average Bonchev–Trinajstić information content (AvgIpc) is 3.32. The minimum absolute atomic E-state index is 0.112. The SMILES string of the molecule is Cc1cccc(-c2noc(CN3C(=O)N[C@](C)(c4ccc(C)o4)C3=O)n2)c1. The van der Waals surface area contributed by atoms with Gasteiger partial charge in [-0.25, -0.2) is 4.79 Å². The summed E-state index contributed by atoms with van der Waals surface area (Å²) in [7, 11) is 0. The highest BCUT2D eigenvalue weighted by molar-refractivity contribution is 6.06. The fourth-order valence-electron chi connectivity index (χ4n) is 3.07. The van der Waals surface area contributed by atoms with Gasteiger partial charge in [0.25, 0.3) is 5.91 Å². The van der Waals surface area contributed by atoms with E-state index in [1.165, 1.54) is 0 Å². The van der Waals surface area contributed by atoms with Crippen molar-refractivity contribution in [2.24, 2.45) is 0 Å². The molecule has 1 aliphatic heterocycles. The number of carbonyl (C=O) groups excluding carboxylic acids is 2. The van der Waals surface area contributed by atoms with Crippen molar-refractivity contribution >= 4 is 11.9 Å². The summed E-state index contributed by atoms with van der Waals surface area (Å²) in [4.78, 5) is 30.6. The molecule has 8 nitrogen and oxygen atoms in total. The first-order chi connectivity index (χ1) is 12.9. The van der Waals surface area contributed by atoms with E-state index < -0.39 is 17.5 Å². The van der Waals surface area contributed by atoms with Crippen molar-refractivity contribution in [3.63, 3.8) is 0 Å². The third-order valence-corrected chi connectivity index (χ3v) is 4.55. The van der Waals surface area contributed by atoms with Crippen molar-refractivity contribution in [2.75, 3.05) is 0 Å². The number of hydrogen-bond acceptors (Lipinski definition) is 6. The first-order valence-electron chi connectivity index (χ1n) is 8.47. The molecule has 1 aliphatic rings. The lowest BCUT2D eigenvalue weighted by Gasteiger charge is -2.18. The normalized spacial score (nSPS) is 19.6. The van der Waals surface area contributed by atoms with Gasteiger partial charge in [-0.1, -0.05) is 28.9 Å². The number of carbonyl (C=O) groups is 2. The quantitative estimate of drug-likeness (QED) is 0.713. The van der Waals surface area contributed by atoms with Crippen LogP contribution in [-0.2, 0) is 16.9 Å². The Morgan fingerprint density at radius 3 is 2.70 bits per heavy atom. The van der Waals surface area contributed by atoms with Crippen molar-refractivity contribution in [3.8, 4) is 11.4 Å². The van der Waals surface area contributed by atoms with Crippen LogP contribution in [0, 0.1) is 13.8 Å². The number of hydrogen-bond donors (Lipinski definition) is 1. The molecule has 1 atom stereocenters. The Balaban J connectivity index is 1.57. The Kier molecular flexibility index (Phi) is 3.83. The van der Waals surface area contributed by atoms with Gasteiger partial charge in [-0.2, -0.15) is 4.98 Å². The molecule has 1 saturated heterocycles. The maximum atomic E-state index is 12.9. The van der Waals surface area contributed by atoms with Gasteiger partial charge < -0.3 is 14.3 Å². The zero-order valence-electron chi connectivity index (χ0n) is 15.1. The number of benzene rings is 1. The van der Waals surface area contributed by atoms with Crippen LogP contribution in [0.1, 0.15) is 29.9 Å². The minimum Gasteiger partial charge on any atom is -0.463 e. The predicted molar refractivity (Wildman–Crippen MR) is 94.3 cm³/mol. The summed E-state index contributed by atoms with van der Waals surface area (Å²) in [6.45, 7) is 5.24. The van der Waals surface area contributed by atoms with Crippen LogP contribution in [0.15, 0.2) is 45.3 Å². The Labute approximate surface area is 155 Å². The van der Waals surface area contributed by atoms with E-state index >= 15 is 0 Å². The Morgan fingerprint density at radius 2 is 2.00 bits per heavy atom. The fraction of sp³-hybridized carbons (Fsp3) is 0.263. The number of imide groups is 1. The van der Waals surface area contributed by atoms with Crippen LogP contribution in [-0.4, -0.2) is 27.0 Å². The second-order valence-electron chi connectivity index (χ2n) is 6.74. The molecule has 0 saturated carbocycles. The Morgan fingerprint density at radius 1 is 1.19 bits per heavy atom. The molecule has 138 valence electrons. The molecule has 4 rings (SSSR count). The molecule has 3 heterocycles. The van der Waals surface area contributed by atoms with Crippen LogP contribution in [0.25, 0.3) is 11.4 Å². The molecule has 27 heavy (non-hydrogen) atoms. The van der Waals surface area contributed by atoms with Gasteiger partial charge >= 0.3 is 6.03 Å². The number of nitrogens with one attached hydrogen (secondary N) is 1. The van der Waals surface area contributed by atoms with E-state index in [1.807, 2.05) is 31.2 Å². The zero-order valence-corrected chi connectivity index (χ0v) is 15.1. The number of amides is 3. The van der Waals surface area contributed by atoms with Crippen molar-refractivity contribution in [3.05, 3.63) is 59.4 Å². The standard InChI is InChI=1S/C19H18N4O4/c1-11-5-4-6-13(9-11)16-20-15(27-22-16)10-23-17(24)19(3,21-18(23)25)14-8-7-12(2)26-14/h4-9H,10H2,1-3H3,(H,21,25)/t19-/m1/s1. The molecular weight excluding hydrogens is 348 g/mol. The first kappa shape index (κ1) is 17.0. The van der Waals surface area contributed by atoms with Crippen molar-refractivity contribution in [1.82, 2.24) is 20.4 Å². The lowest BCUT2D eigenvalue weighted by molar-refractivity contribution is -0.132. The minimum atomic E-state index is -1.26. The summed E-state index contributed by atoms with van der Waals surface area (Å²) < 4.78 is 10.8. The lowest BCUT2D eigenvalue weighted by Crippen LogP contribution is -2.40. The van der Waals surface area contributed by atoms with Crippen LogP contribution in [0.4, 0.5) is 4.79 Å². The van der Waals surface area contributed by atoms with Gasteiger partial charge in [-0.15, -0.1) is 0 Å². The third-order valence-electron chi connectivity index (χ3n) is 4.55. The number of furan rings is 1. The molecule has 0 aliphatic carbocycles. The van der Waals surface area contributed by atoms with E-state index in [0.717, 1.165) is 16.0 Å². The van der Waals surface area contributed by atoms with Crippen LogP contribution in [0.5, 0.6) is 0 Å². The highest BCUT2D eigenvalue weighted by Gasteiger charge is 2.51. The monoisotopic (exact) mass is 366 g/mol. The molecule has 0 radical (unpaired) electrons. The highest BCUT2D eigenvalue weighted by Crippen LogP contribution is 2.31. The van der Waals surface area contributed by atoms with Gasteiger partial charge in [0.1, 0.15) is 18.1 Å². The molecular formula is C19H18N4O4. The summed E-state index contributed by atoms with van der Waals surface area (Å²) in [5.74, 6) is 1.19. The zero-order chi connectivity index (χ0) is 19.2. The molecule has 3 amide bonds. The van der Waals surface area contributed by atoms with Crippen LogP contribution >= 0.6 is 0 Å². The van der Waals surface area contributed by atoms with Gasteiger partial charge in [0.05, 0.1) is 0 Å².